The second-order valence-electron chi connectivity index (χ2n) is 4.47. The van der Waals surface area contributed by atoms with Crippen LogP contribution in [-0.2, 0) is 9.47 Å². The smallest absolute Gasteiger partial charge is 0.150 e. The molecule has 0 unspecified atom stereocenters. The quantitative estimate of drug-likeness (QED) is 0.762. The van der Waals surface area contributed by atoms with Crippen molar-refractivity contribution >= 4 is 0 Å². The molecule has 1 aromatic carbocycles. The number of rotatable bonds is 2. The molecule has 2 fully saturated rings. The Hall–Kier alpha value is -1.06. The van der Waals surface area contributed by atoms with Gasteiger partial charge in [0.25, 0.3) is 0 Å². The summed E-state index contributed by atoms with van der Waals surface area (Å²) in [6, 6.07) is 8.10. The molecular formula is C13H16O3. The Bertz CT molecular complexity index is 360. The maximum absolute atomic E-state index is 5.89. The fraction of sp³-hybridized carbons (Fsp3) is 0.538. The molecule has 3 nitrogen and oxygen atoms in total. The molecular weight excluding hydrogens is 204 g/mol. The number of aryl methyl sites for hydroxylation is 1. The molecule has 0 bridgehead atoms. The van der Waals surface area contributed by atoms with E-state index in [1.54, 1.807) is 0 Å². The summed E-state index contributed by atoms with van der Waals surface area (Å²) in [5, 5.41) is 0. The summed E-state index contributed by atoms with van der Waals surface area (Å²) < 4.78 is 17.2. The third kappa shape index (κ3) is 1.81. The van der Waals surface area contributed by atoms with Crippen LogP contribution < -0.4 is 4.74 Å². The van der Waals surface area contributed by atoms with Gasteiger partial charge in [0.2, 0.25) is 0 Å². The summed E-state index contributed by atoms with van der Waals surface area (Å²) in [6.07, 6.45) is 1.42. The van der Waals surface area contributed by atoms with Crippen LogP contribution in [0.25, 0.3) is 0 Å². The van der Waals surface area contributed by atoms with Crippen molar-refractivity contribution in [2.24, 2.45) is 0 Å². The van der Waals surface area contributed by atoms with E-state index in [4.69, 9.17) is 14.2 Å². The van der Waals surface area contributed by atoms with Crippen LogP contribution >= 0.6 is 0 Å². The Morgan fingerprint density at radius 1 is 1.19 bits per heavy atom. The van der Waals surface area contributed by atoms with Crippen molar-refractivity contribution in [1.29, 1.82) is 0 Å². The predicted octanol–water partition coefficient (Wildman–Crippen LogP) is 1.93. The molecule has 1 aromatic rings. The molecule has 0 spiro atoms. The highest BCUT2D eigenvalue weighted by Crippen LogP contribution is 2.29. The van der Waals surface area contributed by atoms with Gasteiger partial charge in [-0.3, -0.25) is 0 Å². The first-order chi connectivity index (χ1) is 7.83. The summed E-state index contributed by atoms with van der Waals surface area (Å²) in [6.45, 7) is 3.50. The zero-order valence-electron chi connectivity index (χ0n) is 9.39. The van der Waals surface area contributed by atoms with Gasteiger partial charge >= 0.3 is 0 Å². The van der Waals surface area contributed by atoms with Gasteiger partial charge in [-0.25, -0.2) is 0 Å². The number of fused-ring (bicyclic) bond motifs is 1. The van der Waals surface area contributed by atoms with Crippen molar-refractivity contribution in [2.45, 2.75) is 31.7 Å². The van der Waals surface area contributed by atoms with E-state index in [0.29, 0.717) is 6.61 Å². The molecule has 2 heterocycles. The normalized spacial score (nSPS) is 32.7. The molecule has 0 saturated carbocycles. The highest BCUT2D eigenvalue weighted by atomic mass is 16.6. The SMILES string of the molecule is Cc1ccc(O[C@@H]2CO[C@H]3CCO[C@H]32)cc1. The molecule has 86 valence electrons. The van der Waals surface area contributed by atoms with Crippen LogP contribution in [0.3, 0.4) is 0 Å². The zero-order chi connectivity index (χ0) is 11.0. The Labute approximate surface area is 95.3 Å². The van der Waals surface area contributed by atoms with Gasteiger partial charge in [0.05, 0.1) is 12.7 Å². The van der Waals surface area contributed by atoms with Gasteiger partial charge in [-0.2, -0.15) is 0 Å². The Balaban J connectivity index is 1.68. The van der Waals surface area contributed by atoms with Gasteiger partial charge in [-0.1, -0.05) is 17.7 Å². The number of benzene rings is 1. The average molecular weight is 220 g/mol. The van der Waals surface area contributed by atoms with E-state index in [1.165, 1.54) is 5.56 Å². The van der Waals surface area contributed by atoms with Gasteiger partial charge in [0.15, 0.2) is 6.10 Å². The third-order valence-electron chi connectivity index (χ3n) is 3.23. The average Bonchev–Trinajstić information content (AvgIpc) is 2.86. The van der Waals surface area contributed by atoms with Crippen molar-refractivity contribution in [3.05, 3.63) is 29.8 Å². The third-order valence-corrected chi connectivity index (χ3v) is 3.23. The van der Waals surface area contributed by atoms with Crippen LogP contribution in [0.4, 0.5) is 0 Å². The lowest BCUT2D eigenvalue weighted by molar-refractivity contribution is 0.0308. The van der Waals surface area contributed by atoms with Crippen molar-refractivity contribution < 1.29 is 14.2 Å². The molecule has 3 rings (SSSR count). The van der Waals surface area contributed by atoms with Crippen molar-refractivity contribution in [2.75, 3.05) is 13.2 Å². The molecule has 0 radical (unpaired) electrons. The summed E-state index contributed by atoms with van der Waals surface area (Å²) in [4.78, 5) is 0. The van der Waals surface area contributed by atoms with E-state index >= 15 is 0 Å². The standard InChI is InChI=1S/C13H16O3/c1-9-2-4-10(5-3-9)16-12-8-15-11-6-7-14-13(11)12/h2-5,11-13H,6-8H2,1H3/t11-,12+,13+/m0/s1. The first-order valence-electron chi connectivity index (χ1n) is 5.79. The molecule has 2 aliphatic rings. The van der Waals surface area contributed by atoms with Crippen molar-refractivity contribution in [3.8, 4) is 5.75 Å². The minimum Gasteiger partial charge on any atom is -0.485 e. The Morgan fingerprint density at radius 2 is 2.00 bits per heavy atom. The van der Waals surface area contributed by atoms with Crippen LogP contribution in [-0.4, -0.2) is 31.5 Å². The summed E-state index contributed by atoms with van der Waals surface area (Å²) >= 11 is 0. The number of hydrogen-bond donors (Lipinski definition) is 0. The highest BCUT2D eigenvalue weighted by molar-refractivity contribution is 5.26. The maximum Gasteiger partial charge on any atom is 0.150 e. The van der Waals surface area contributed by atoms with Gasteiger partial charge in [0.1, 0.15) is 11.9 Å². The molecule has 2 aliphatic heterocycles. The van der Waals surface area contributed by atoms with Gasteiger partial charge in [-0.05, 0) is 25.5 Å². The van der Waals surface area contributed by atoms with Crippen molar-refractivity contribution in [3.63, 3.8) is 0 Å². The molecule has 0 N–H and O–H groups in total. The fourth-order valence-electron chi connectivity index (χ4n) is 2.32. The zero-order valence-corrected chi connectivity index (χ0v) is 9.39. The largest absolute Gasteiger partial charge is 0.485 e. The second kappa shape index (κ2) is 4.07. The lowest BCUT2D eigenvalue weighted by Crippen LogP contribution is -2.32. The van der Waals surface area contributed by atoms with Crippen molar-refractivity contribution in [1.82, 2.24) is 0 Å². The van der Waals surface area contributed by atoms with E-state index in [1.807, 2.05) is 12.1 Å². The van der Waals surface area contributed by atoms with E-state index in [0.717, 1.165) is 18.8 Å². The van der Waals surface area contributed by atoms with E-state index < -0.39 is 0 Å². The summed E-state index contributed by atoms with van der Waals surface area (Å²) in [5.74, 6) is 0.898. The monoisotopic (exact) mass is 220 g/mol. The first kappa shape index (κ1) is 10.1. The lowest BCUT2D eigenvalue weighted by Gasteiger charge is -2.17. The molecule has 2 saturated heterocycles. The van der Waals surface area contributed by atoms with Gasteiger partial charge < -0.3 is 14.2 Å². The molecule has 0 aliphatic carbocycles. The van der Waals surface area contributed by atoms with Crippen LogP contribution in [0.2, 0.25) is 0 Å². The van der Waals surface area contributed by atoms with Crippen LogP contribution in [0.15, 0.2) is 24.3 Å². The lowest BCUT2D eigenvalue weighted by atomic mass is 10.1. The number of hydrogen-bond acceptors (Lipinski definition) is 3. The van der Waals surface area contributed by atoms with Gasteiger partial charge in [-0.15, -0.1) is 0 Å². The van der Waals surface area contributed by atoms with E-state index in [9.17, 15) is 0 Å². The van der Waals surface area contributed by atoms with Crippen LogP contribution in [0.1, 0.15) is 12.0 Å². The molecule has 16 heavy (non-hydrogen) atoms. The molecule has 3 atom stereocenters. The van der Waals surface area contributed by atoms with Crippen LogP contribution in [0.5, 0.6) is 5.75 Å². The Kier molecular flexibility index (Phi) is 2.58. The molecule has 0 amide bonds. The van der Waals surface area contributed by atoms with E-state index in [2.05, 4.69) is 19.1 Å². The highest BCUT2D eigenvalue weighted by Gasteiger charge is 2.43. The molecule has 0 aromatic heterocycles. The summed E-state index contributed by atoms with van der Waals surface area (Å²) in [7, 11) is 0. The van der Waals surface area contributed by atoms with Gasteiger partial charge in [0, 0.05) is 6.61 Å². The van der Waals surface area contributed by atoms with Crippen LogP contribution in [0, 0.1) is 6.92 Å². The Morgan fingerprint density at radius 3 is 2.81 bits per heavy atom. The minimum absolute atomic E-state index is 0.0511. The number of ether oxygens (including phenoxy) is 3. The first-order valence-corrected chi connectivity index (χ1v) is 5.79. The second-order valence-corrected chi connectivity index (χ2v) is 4.47. The van der Waals surface area contributed by atoms with E-state index in [-0.39, 0.29) is 18.3 Å². The maximum atomic E-state index is 5.89. The fourth-order valence-corrected chi connectivity index (χ4v) is 2.32. The minimum atomic E-state index is 0.0511. The molecule has 3 heteroatoms. The predicted molar refractivity (Wildman–Crippen MR) is 59.7 cm³/mol. The topological polar surface area (TPSA) is 27.7 Å². The summed E-state index contributed by atoms with van der Waals surface area (Å²) in [5.41, 5.74) is 1.24.